The summed E-state index contributed by atoms with van der Waals surface area (Å²) in [5.41, 5.74) is -0.748. The van der Waals surface area contributed by atoms with Crippen LogP contribution < -0.4 is 4.74 Å². The number of epoxide rings is 1. The summed E-state index contributed by atoms with van der Waals surface area (Å²) in [5, 5.41) is 8.75. The highest BCUT2D eigenvalue weighted by Gasteiger charge is 2.31. The van der Waals surface area contributed by atoms with Crippen molar-refractivity contribution in [2.75, 3.05) is 13.2 Å². The molecule has 1 atom stereocenters. The lowest BCUT2D eigenvalue weighted by molar-refractivity contribution is -0.137. The van der Waals surface area contributed by atoms with Crippen LogP contribution in [0.5, 0.6) is 5.75 Å². The van der Waals surface area contributed by atoms with Gasteiger partial charge in [0, 0.05) is 0 Å². The Bertz CT molecular complexity index is 461. The summed E-state index contributed by atoms with van der Waals surface area (Å²) >= 11 is 0. The summed E-state index contributed by atoms with van der Waals surface area (Å²) in [4.78, 5) is 0. The van der Waals surface area contributed by atoms with Gasteiger partial charge in [-0.05, 0) is 18.2 Å². The molecule has 3 nitrogen and oxygen atoms in total. The lowest BCUT2D eigenvalue weighted by Crippen LogP contribution is -2.09. The molecular weight excluding hydrogens is 235 g/mol. The topological polar surface area (TPSA) is 45.5 Å². The van der Waals surface area contributed by atoms with Crippen LogP contribution in [0.15, 0.2) is 18.2 Å². The molecule has 17 heavy (non-hydrogen) atoms. The Morgan fingerprint density at radius 2 is 2.18 bits per heavy atom. The maximum Gasteiger partial charge on any atom is 0.416 e. The standard InChI is InChI=1S/C11H8F3NO2/c12-11(13,14)8-2-1-7(4-15)10(3-8)17-6-9-5-16-9/h1-3,9H,5-6H2/t9-/m0/s1. The van der Waals surface area contributed by atoms with Crippen LogP contribution >= 0.6 is 0 Å². The molecule has 0 N–H and O–H groups in total. The predicted octanol–water partition coefficient (Wildman–Crippen LogP) is 2.35. The van der Waals surface area contributed by atoms with Crippen LogP contribution in [-0.2, 0) is 10.9 Å². The number of hydrogen-bond acceptors (Lipinski definition) is 3. The molecule has 1 aromatic rings. The number of nitriles is 1. The second-order valence-electron chi connectivity index (χ2n) is 3.59. The molecule has 0 aliphatic carbocycles. The molecular formula is C11H8F3NO2. The third-order valence-corrected chi connectivity index (χ3v) is 2.26. The number of alkyl halides is 3. The van der Waals surface area contributed by atoms with E-state index in [1.165, 1.54) is 0 Å². The van der Waals surface area contributed by atoms with E-state index in [1.807, 2.05) is 0 Å². The summed E-state index contributed by atoms with van der Waals surface area (Å²) in [5.74, 6) is -0.0576. The summed E-state index contributed by atoms with van der Waals surface area (Å²) in [7, 11) is 0. The highest BCUT2D eigenvalue weighted by atomic mass is 19.4. The van der Waals surface area contributed by atoms with E-state index in [2.05, 4.69) is 0 Å². The summed E-state index contributed by atoms with van der Waals surface area (Å²) in [6.07, 6.45) is -4.52. The van der Waals surface area contributed by atoms with E-state index in [9.17, 15) is 13.2 Å². The average Bonchev–Trinajstić information content (AvgIpc) is 3.08. The maximum atomic E-state index is 12.5. The van der Waals surface area contributed by atoms with Crippen molar-refractivity contribution in [3.8, 4) is 11.8 Å². The van der Waals surface area contributed by atoms with Gasteiger partial charge in [-0.2, -0.15) is 18.4 Å². The highest BCUT2D eigenvalue weighted by Crippen LogP contribution is 2.33. The minimum atomic E-state index is -4.44. The Hall–Kier alpha value is -1.74. The molecule has 0 unspecified atom stereocenters. The van der Waals surface area contributed by atoms with Crippen LogP contribution in [0.2, 0.25) is 0 Å². The summed E-state index contributed by atoms with van der Waals surface area (Å²) in [6, 6.07) is 4.58. The van der Waals surface area contributed by atoms with Crippen molar-refractivity contribution in [1.29, 1.82) is 5.26 Å². The molecule has 2 rings (SSSR count). The SMILES string of the molecule is N#Cc1ccc(C(F)(F)F)cc1OC[C@@H]1CO1. The lowest BCUT2D eigenvalue weighted by atomic mass is 10.1. The second kappa shape index (κ2) is 4.26. The van der Waals surface area contributed by atoms with Gasteiger partial charge in [-0.25, -0.2) is 0 Å². The predicted molar refractivity (Wildman–Crippen MR) is 51.4 cm³/mol. The molecule has 1 fully saturated rings. The van der Waals surface area contributed by atoms with Crippen LogP contribution in [0.1, 0.15) is 11.1 Å². The zero-order chi connectivity index (χ0) is 12.5. The quantitative estimate of drug-likeness (QED) is 0.765. The molecule has 1 heterocycles. The van der Waals surface area contributed by atoms with Crippen molar-refractivity contribution >= 4 is 0 Å². The van der Waals surface area contributed by atoms with Crippen molar-refractivity contribution in [1.82, 2.24) is 0 Å². The second-order valence-corrected chi connectivity index (χ2v) is 3.59. The number of ether oxygens (including phenoxy) is 2. The van der Waals surface area contributed by atoms with Gasteiger partial charge in [0.05, 0.1) is 17.7 Å². The van der Waals surface area contributed by atoms with Gasteiger partial charge in [-0.3, -0.25) is 0 Å². The van der Waals surface area contributed by atoms with Crippen molar-refractivity contribution in [3.05, 3.63) is 29.3 Å². The van der Waals surface area contributed by atoms with Crippen LogP contribution in [0.4, 0.5) is 13.2 Å². The normalized spacial score (nSPS) is 18.6. The fourth-order valence-corrected chi connectivity index (χ4v) is 1.26. The fourth-order valence-electron chi connectivity index (χ4n) is 1.26. The first kappa shape index (κ1) is 11.7. The molecule has 0 aromatic heterocycles. The molecule has 1 saturated heterocycles. The molecule has 1 aliphatic rings. The van der Waals surface area contributed by atoms with E-state index in [0.717, 1.165) is 18.2 Å². The largest absolute Gasteiger partial charge is 0.489 e. The maximum absolute atomic E-state index is 12.5. The first-order valence-corrected chi connectivity index (χ1v) is 4.86. The van der Waals surface area contributed by atoms with Crippen LogP contribution in [0.3, 0.4) is 0 Å². The molecule has 0 radical (unpaired) electrons. The molecule has 0 spiro atoms. The lowest BCUT2D eigenvalue weighted by Gasteiger charge is -2.10. The van der Waals surface area contributed by atoms with Gasteiger partial charge in [0.25, 0.3) is 0 Å². The number of nitrogens with zero attached hydrogens (tertiary/aromatic N) is 1. The summed E-state index contributed by atoms with van der Waals surface area (Å²) in [6.45, 7) is 0.705. The first-order valence-electron chi connectivity index (χ1n) is 4.86. The van der Waals surface area contributed by atoms with Crippen molar-refractivity contribution in [3.63, 3.8) is 0 Å². The number of hydrogen-bond donors (Lipinski definition) is 0. The molecule has 1 aliphatic heterocycles. The van der Waals surface area contributed by atoms with Crippen molar-refractivity contribution in [2.45, 2.75) is 12.3 Å². The van der Waals surface area contributed by atoms with E-state index >= 15 is 0 Å². The van der Waals surface area contributed by atoms with Gasteiger partial charge >= 0.3 is 6.18 Å². The van der Waals surface area contributed by atoms with Crippen molar-refractivity contribution < 1.29 is 22.6 Å². The summed E-state index contributed by atoms with van der Waals surface area (Å²) < 4.78 is 47.4. The van der Waals surface area contributed by atoms with E-state index in [0.29, 0.717) is 6.61 Å². The number of rotatable bonds is 3. The number of benzene rings is 1. The Morgan fingerprint density at radius 1 is 1.47 bits per heavy atom. The third-order valence-electron chi connectivity index (χ3n) is 2.26. The van der Waals surface area contributed by atoms with Crippen molar-refractivity contribution in [2.24, 2.45) is 0 Å². The van der Waals surface area contributed by atoms with Gasteiger partial charge < -0.3 is 9.47 Å². The van der Waals surface area contributed by atoms with Gasteiger partial charge in [0.15, 0.2) is 0 Å². The Morgan fingerprint density at radius 3 is 2.71 bits per heavy atom. The van der Waals surface area contributed by atoms with E-state index < -0.39 is 11.7 Å². The van der Waals surface area contributed by atoms with Gasteiger partial charge in [0.1, 0.15) is 24.5 Å². The molecule has 0 amide bonds. The average molecular weight is 243 g/mol. The van der Waals surface area contributed by atoms with Crippen LogP contribution in [0, 0.1) is 11.3 Å². The van der Waals surface area contributed by atoms with Gasteiger partial charge in [-0.15, -0.1) is 0 Å². The fraction of sp³-hybridized carbons (Fsp3) is 0.364. The third kappa shape index (κ3) is 2.88. The molecule has 1 aromatic carbocycles. The molecule has 6 heteroatoms. The molecule has 0 bridgehead atoms. The zero-order valence-electron chi connectivity index (χ0n) is 8.62. The minimum Gasteiger partial charge on any atom is -0.489 e. The van der Waals surface area contributed by atoms with Crippen LogP contribution in [0.25, 0.3) is 0 Å². The Kier molecular flexibility index (Phi) is 2.94. The van der Waals surface area contributed by atoms with Crippen LogP contribution in [-0.4, -0.2) is 19.3 Å². The monoisotopic (exact) mass is 243 g/mol. The Balaban J connectivity index is 2.22. The number of halogens is 3. The minimum absolute atomic E-state index is 0.0576. The first-order chi connectivity index (χ1) is 8.00. The highest BCUT2D eigenvalue weighted by molar-refractivity contribution is 5.46. The Labute approximate surface area is 95.4 Å². The molecule has 90 valence electrons. The smallest absolute Gasteiger partial charge is 0.416 e. The van der Waals surface area contributed by atoms with E-state index in [1.54, 1.807) is 6.07 Å². The zero-order valence-corrected chi connectivity index (χ0v) is 8.62. The molecule has 0 saturated carbocycles. The van der Waals surface area contributed by atoms with E-state index in [4.69, 9.17) is 14.7 Å². The van der Waals surface area contributed by atoms with Gasteiger partial charge in [-0.1, -0.05) is 0 Å². The van der Waals surface area contributed by atoms with Gasteiger partial charge in [0.2, 0.25) is 0 Å². The van der Waals surface area contributed by atoms with E-state index in [-0.39, 0.29) is 24.0 Å².